The number of aromatic nitrogens is 2. The zero-order valence-electron chi connectivity index (χ0n) is 17.5. The molecule has 2 amide bonds. The van der Waals surface area contributed by atoms with Crippen molar-refractivity contribution in [2.24, 2.45) is 5.92 Å². The molecule has 0 unspecified atom stereocenters. The van der Waals surface area contributed by atoms with Crippen molar-refractivity contribution in [1.29, 1.82) is 0 Å². The van der Waals surface area contributed by atoms with Crippen molar-refractivity contribution in [3.63, 3.8) is 0 Å². The number of carbonyl (C=O) groups excluding carboxylic acids is 2. The minimum atomic E-state index is -0.542. The molecule has 156 valence electrons. The normalized spacial score (nSPS) is 11.0. The van der Waals surface area contributed by atoms with Crippen molar-refractivity contribution in [1.82, 2.24) is 15.3 Å². The van der Waals surface area contributed by atoms with Crippen LogP contribution in [0.3, 0.4) is 0 Å². The second kappa shape index (κ2) is 8.98. The van der Waals surface area contributed by atoms with Gasteiger partial charge in [0.05, 0.1) is 22.5 Å². The molecular formula is C23H25FN4O2. The van der Waals surface area contributed by atoms with E-state index in [2.05, 4.69) is 20.6 Å². The third kappa shape index (κ3) is 5.17. The Balaban J connectivity index is 1.76. The Labute approximate surface area is 174 Å². The van der Waals surface area contributed by atoms with E-state index in [1.807, 2.05) is 26.0 Å². The first-order valence-corrected chi connectivity index (χ1v) is 9.84. The number of amides is 2. The van der Waals surface area contributed by atoms with Gasteiger partial charge in [-0.15, -0.1) is 0 Å². The van der Waals surface area contributed by atoms with Crippen LogP contribution in [0.2, 0.25) is 0 Å². The molecule has 0 saturated carbocycles. The largest absolute Gasteiger partial charge is 0.348 e. The molecular weight excluding hydrogens is 383 g/mol. The van der Waals surface area contributed by atoms with Crippen LogP contribution in [0, 0.1) is 25.6 Å². The van der Waals surface area contributed by atoms with Crippen LogP contribution in [0.1, 0.15) is 47.6 Å². The topological polar surface area (TPSA) is 84.0 Å². The lowest BCUT2D eigenvalue weighted by molar-refractivity contribution is -0.116. The Morgan fingerprint density at radius 3 is 2.53 bits per heavy atom. The van der Waals surface area contributed by atoms with Crippen LogP contribution in [-0.2, 0) is 11.3 Å². The maximum absolute atomic E-state index is 14.0. The average molecular weight is 408 g/mol. The Morgan fingerprint density at radius 1 is 1.07 bits per heavy atom. The molecule has 0 aliphatic carbocycles. The van der Waals surface area contributed by atoms with Crippen molar-refractivity contribution >= 4 is 28.5 Å². The average Bonchev–Trinajstić information content (AvgIpc) is 2.66. The Hall–Kier alpha value is -3.35. The molecule has 0 atom stereocenters. The van der Waals surface area contributed by atoms with Crippen LogP contribution in [0.4, 0.5) is 10.1 Å². The van der Waals surface area contributed by atoms with Gasteiger partial charge in [0.2, 0.25) is 5.91 Å². The van der Waals surface area contributed by atoms with E-state index in [4.69, 9.17) is 0 Å². The molecule has 0 fully saturated rings. The Morgan fingerprint density at radius 2 is 1.80 bits per heavy atom. The molecule has 6 nitrogen and oxygen atoms in total. The Bertz CT molecular complexity index is 1110. The summed E-state index contributed by atoms with van der Waals surface area (Å²) >= 11 is 0. The number of benzene rings is 2. The van der Waals surface area contributed by atoms with E-state index >= 15 is 0 Å². The standard InChI is InChI=1S/C23H25FN4O2/c1-13(2)8-21(29)28-18-7-5-6-16(9-18)12-25-23(30)19-10-17(24)11-20-22(19)27-15(4)14(3)26-20/h5-7,9-11,13H,8,12H2,1-4H3,(H,25,30)(H,28,29). The predicted octanol–water partition coefficient (Wildman–Crippen LogP) is 4.30. The monoisotopic (exact) mass is 408 g/mol. The zero-order chi connectivity index (χ0) is 21.8. The summed E-state index contributed by atoms with van der Waals surface area (Å²) in [6.45, 7) is 7.78. The van der Waals surface area contributed by atoms with Crippen LogP contribution >= 0.6 is 0 Å². The third-order valence-electron chi connectivity index (χ3n) is 4.65. The lowest BCUT2D eigenvalue weighted by Crippen LogP contribution is -2.23. The molecule has 30 heavy (non-hydrogen) atoms. The summed E-state index contributed by atoms with van der Waals surface area (Å²) in [4.78, 5) is 33.5. The van der Waals surface area contributed by atoms with Gasteiger partial charge in [0.15, 0.2) is 0 Å². The summed E-state index contributed by atoms with van der Waals surface area (Å²) < 4.78 is 14.0. The number of nitrogens with zero attached hydrogens (tertiary/aromatic N) is 2. The van der Waals surface area contributed by atoms with Gasteiger partial charge < -0.3 is 10.6 Å². The third-order valence-corrected chi connectivity index (χ3v) is 4.65. The fourth-order valence-electron chi connectivity index (χ4n) is 3.09. The summed E-state index contributed by atoms with van der Waals surface area (Å²) in [5.74, 6) is -0.767. The summed E-state index contributed by atoms with van der Waals surface area (Å²) in [6.07, 6.45) is 0.438. The first-order chi connectivity index (χ1) is 14.2. The van der Waals surface area contributed by atoms with Gasteiger partial charge >= 0.3 is 0 Å². The maximum atomic E-state index is 14.0. The molecule has 0 bridgehead atoms. The number of hydrogen-bond donors (Lipinski definition) is 2. The minimum absolute atomic E-state index is 0.0540. The number of halogens is 1. The van der Waals surface area contributed by atoms with Gasteiger partial charge in [-0.2, -0.15) is 0 Å². The van der Waals surface area contributed by atoms with E-state index in [1.54, 1.807) is 26.0 Å². The number of nitrogens with one attached hydrogen (secondary N) is 2. The van der Waals surface area contributed by atoms with Crippen molar-refractivity contribution in [2.75, 3.05) is 5.32 Å². The lowest BCUT2D eigenvalue weighted by atomic mass is 10.1. The molecule has 0 radical (unpaired) electrons. The highest BCUT2D eigenvalue weighted by atomic mass is 19.1. The SMILES string of the molecule is Cc1nc2cc(F)cc(C(=O)NCc3cccc(NC(=O)CC(C)C)c3)c2nc1C. The molecule has 2 aromatic carbocycles. The number of anilines is 1. The molecule has 0 aliphatic heterocycles. The Kier molecular flexibility index (Phi) is 6.40. The van der Waals surface area contributed by atoms with Crippen LogP contribution < -0.4 is 10.6 Å². The molecule has 0 spiro atoms. The maximum Gasteiger partial charge on any atom is 0.253 e. The second-order valence-electron chi connectivity index (χ2n) is 7.74. The van der Waals surface area contributed by atoms with Crippen molar-refractivity contribution < 1.29 is 14.0 Å². The molecule has 3 rings (SSSR count). The summed E-state index contributed by atoms with van der Waals surface area (Å²) in [5, 5.41) is 5.65. The van der Waals surface area contributed by atoms with E-state index in [-0.39, 0.29) is 23.9 Å². The first-order valence-electron chi connectivity index (χ1n) is 9.84. The molecule has 1 heterocycles. The zero-order valence-corrected chi connectivity index (χ0v) is 17.5. The van der Waals surface area contributed by atoms with E-state index < -0.39 is 11.7 Å². The predicted molar refractivity (Wildman–Crippen MR) is 115 cm³/mol. The number of rotatable bonds is 6. The fraction of sp³-hybridized carbons (Fsp3) is 0.304. The number of fused-ring (bicyclic) bond motifs is 1. The van der Waals surface area contributed by atoms with Crippen LogP contribution in [0.25, 0.3) is 11.0 Å². The highest BCUT2D eigenvalue weighted by Crippen LogP contribution is 2.19. The highest BCUT2D eigenvalue weighted by molar-refractivity contribution is 6.04. The lowest BCUT2D eigenvalue weighted by Gasteiger charge is -2.11. The van der Waals surface area contributed by atoms with E-state index in [0.29, 0.717) is 34.5 Å². The highest BCUT2D eigenvalue weighted by Gasteiger charge is 2.15. The van der Waals surface area contributed by atoms with E-state index in [0.717, 1.165) is 5.56 Å². The molecule has 3 aromatic rings. The van der Waals surface area contributed by atoms with Crippen LogP contribution in [0.15, 0.2) is 36.4 Å². The first kappa shape index (κ1) is 21.4. The molecule has 1 aromatic heterocycles. The number of hydrogen-bond acceptors (Lipinski definition) is 4. The van der Waals surface area contributed by atoms with Gasteiger partial charge in [0, 0.05) is 24.7 Å². The van der Waals surface area contributed by atoms with Crippen molar-refractivity contribution in [3.05, 3.63) is 64.7 Å². The summed E-state index contributed by atoms with van der Waals surface area (Å²) in [5.41, 5.74) is 3.71. The van der Waals surface area contributed by atoms with Gasteiger partial charge in [-0.1, -0.05) is 26.0 Å². The molecule has 0 saturated heterocycles. The quantitative estimate of drug-likeness (QED) is 0.637. The van der Waals surface area contributed by atoms with Gasteiger partial charge in [-0.25, -0.2) is 14.4 Å². The summed E-state index contributed by atoms with van der Waals surface area (Å²) in [6, 6.07) is 9.69. The van der Waals surface area contributed by atoms with Gasteiger partial charge in [-0.3, -0.25) is 9.59 Å². The van der Waals surface area contributed by atoms with Crippen molar-refractivity contribution in [2.45, 2.75) is 40.7 Å². The molecule has 0 aliphatic rings. The molecule has 2 N–H and O–H groups in total. The number of carbonyl (C=O) groups is 2. The molecule has 7 heteroatoms. The van der Waals surface area contributed by atoms with E-state index in [1.165, 1.54) is 12.1 Å². The number of aryl methyl sites for hydroxylation is 2. The van der Waals surface area contributed by atoms with Gasteiger partial charge in [-0.05, 0) is 43.5 Å². The van der Waals surface area contributed by atoms with Crippen LogP contribution in [-0.4, -0.2) is 21.8 Å². The second-order valence-corrected chi connectivity index (χ2v) is 7.74. The van der Waals surface area contributed by atoms with Gasteiger partial charge in [0.25, 0.3) is 5.91 Å². The summed E-state index contributed by atoms with van der Waals surface area (Å²) in [7, 11) is 0. The van der Waals surface area contributed by atoms with Crippen molar-refractivity contribution in [3.8, 4) is 0 Å². The van der Waals surface area contributed by atoms with E-state index in [9.17, 15) is 14.0 Å². The minimum Gasteiger partial charge on any atom is -0.348 e. The van der Waals surface area contributed by atoms with Crippen LogP contribution in [0.5, 0.6) is 0 Å². The fourth-order valence-corrected chi connectivity index (χ4v) is 3.09. The van der Waals surface area contributed by atoms with Gasteiger partial charge in [0.1, 0.15) is 11.3 Å². The smallest absolute Gasteiger partial charge is 0.253 e.